The van der Waals surface area contributed by atoms with Gasteiger partial charge in [-0.1, -0.05) is 0 Å². The van der Waals surface area contributed by atoms with Crippen LogP contribution in [-0.2, 0) is 0 Å². The van der Waals surface area contributed by atoms with Crippen molar-refractivity contribution in [2.45, 2.75) is 34.8 Å². The molecule has 0 radical (unpaired) electrons. The van der Waals surface area contributed by atoms with Gasteiger partial charge in [0.05, 0.1) is 9.16 Å². The Hall–Kier alpha value is 2.28. The molecule has 0 aromatic heterocycles. The van der Waals surface area contributed by atoms with E-state index in [9.17, 15) is 0 Å². The Morgan fingerprint density at radius 2 is 1.25 bits per heavy atom. The number of hydrogen-bond acceptors (Lipinski definition) is 8. The lowest BCUT2D eigenvalue weighted by atomic mass is 10.3. The molecule has 0 N–H and O–H groups in total. The van der Waals surface area contributed by atoms with Crippen molar-refractivity contribution in [2.24, 2.45) is 0 Å². The van der Waals surface area contributed by atoms with Gasteiger partial charge in [-0.25, -0.2) is 0 Å². The van der Waals surface area contributed by atoms with Crippen molar-refractivity contribution in [2.75, 3.05) is 34.5 Å². The molecule has 2 aliphatic rings. The lowest BCUT2D eigenvalue weighted by molar-refractivity contribution is 0.966. The van der Waals surface area contributed by atoms with E-state index in [4.69, 9.17) is 0 Å². The van der Waals surface area contributed by atoms with Gasteiger partial charge < -0.3 is 0 Å². The molecule has 0 aliphatic carbocycles. The maximum absolute atomic E-state index is 4.30. The number of hydrogen-bond donors (Lipinski definition) is 2. The highest BCUT2D eigenvalue weighted by molar-refractivity contribution is 8.24. The summed E-state index contributed by atoms with van der Waals surface area (Å²) in [7, 11) is 0. The van der Waals surface area contributed by atoms with Gasteiger partial charge in [0.1, 0.15) is 0 Å². The molecule has 8 heteroatoms. The highest BCUT2D eigenvalue weighted by Gasteiger charge is 2.19. The molecule has 2 heterocycles. The molecule has 0 aromatic rings. The minimum Gasteiger partial charge on any atom is -0.179 e. The standard InChI is InChI=1S/C16H26S8/c17-5-1-3-13-9-21-15(23-13)11-19-7-8-20-12-16-22-10-14(24-16)4-2-6-18/h9-10,15-18H,1-8,11-12H2. The largest absolute Gasteiger partial charge is 0.179 e. The maximum Gasteiger partial charge on any atom is 0.0678 e. The first-order chi connectivity index (χ1) is 11.8. The quantitative estimate of drug-likeness (QED) is 0.213. The van der Waals surface area contributed by atoms with Crippen LogP contribution in [0.4, 0.5) is 0 Å². The SMILES string of the molecule is SCCCC1=CSC(CSCCSCC2SC=C(CCCS)S2)S1. The molecule has 0 bridgehead atoms. The van der Waals surface area contributed by atoms with Crippen LogP contribution in [0.2, 0.25) is 0 Å². The lowest BCUT2D eigenvalue weighted by Gasteiger charge is -2.10. The van der Waals surface area contributed by atoms with Crippen molar-refractivity contribution in [3.05, 3.63) is 20.6 Å². The van der Waals surface area contributed by atoms with E-state index >= 15 is 0 Å². The zero-order valence-electron chi connectivity index (χ0n) is 13.7. The van der Waals surface area contributed by atoms with E-state index < -0.39 is 0 Å². The van der Waals surface area contributed by atoms with Crippen LogP contribution in [0.5, 0.6) is 0 Å². The number of allylic oxidation sites excluding steroid dienone is 2. The molecule has 2 aliphatic heterocycles. The minimum atomic E-state index is 0.745. The summed E-state index contributed by atoms with van der Waals surface area (Å²) in [6, 6.07) is 0. The van der Waals surface area contributed by atoms with Crippen molar-refractivity contribution in [1.29, 1.82) is 0 Å². The van der Waals surface area contributed by atoms with Crippen LogP contribution in [-0.4, -0.2) is 43.7 Å². The second-order valence-corrected chi connectivity index (χ2v) is 13.9. The van der Waals surface area contributed by atoms with Gasteiger partial charge in [0.15, 0.2) is 0 Å². The first kappa shape index (κ1) is 22.6. The minimum absolute atomic E-state index is 0.745. The summed E-state index contributed by atoms with van der Waals surface area (Å²) in [6.07, 6.45) is 4.86. The molecule has 0 nitrogen and oxygen atoms in total. The highest BCUT2D eigenvalue weighted by atomic mass is 32.2. The zero-order chi connectivity index (χ0) is 17.0. The van der Waals surface area contributed by atoms with Gasteiger partial charge in [-0.2, -0.15) is 48.8 Å². The van der Waals surface area contributed by atoms with E-state index in [0.717, 1.165) is 20.7 Å². The molecule has 0 spiro atoms. The third kappa shape index (κ3) is 9.47. The van der Waals surface area contributed by atoms with Gasteiger partial charge in [-0.3, -0.25) is 0 Å². The van der Waals surface area contributed by atoms with Crippen LogP contribution in [0.1, 0.15) is 25.7 Å². The number of thiol groups is 2. The Kier molecular flexibility index (Phi) is 13.4. The number of rotatable bonds is 13. The predicted octanol–water partition coefficient (Wildman–Crippen LogP) is 7.17. The third-order valence-electron chi connectivity index (χ3n) is 3.31. The Morgan fingerprint density at radius 3 is 1.67 bits per heavy atom. The fourth-order valence-electron chi connectivity index (χ4n) is 2.12. The molecule has 0 fully saturated rings. The van der Waals surface area contributed by atoms with Crippen LogP contribution >= 0.6 is 95.8 Å². The van der Waals surface area contributed by atoms with Gasteiger partial charge >= 0.3 is 0 Å². The first-order valence-electron chi connectivity index (χ1n) is 8.21. The summed E-state index contributed by atoms with van der Waals surface area (Å²) in [4.78, 5) is 3.15. The summed E-state index contributed by atoms with van der Waals surface area (Å²) < 4.78 is 1.49. The van der Waals surface area contributed by atoms with E-state index in [1.807, 2.05) is 23.5 Å². The smallest absolute Gasteiger partial charge is 0.0678 e. The van der Waals surface area contributed by atoms with Gasteiger partial charge in [-0.15, -0.1) is 47.0 Å². The van der Waals surface area contributed by atoms with Gasteiger partial charge in [0.2, 0.25) is 0 Å². The van der Waals surface area contributed by atoms with Crippen LogP contribution in [0.25, 0.3) is 0 Å². The van der Waals surface area contributed by atoms with Crippen LogP contribution in [0, 0.1) is 0 Å². The normalized spacial score (nSPS) is 23.6. The molecule has 2 unspecified atom stereocenters. The Labute approximate surface area is 184 Å². The molecule has 0 amide bonds. The molecular weight excluding hydrogens is 449 g/mol. The van der Waals surface area contributed by atoms with E-state index in [2.05, 4.69) is 83.1 Å². The lowest BCUT2D eigenvalue weighted by Crippen LogP contribution is -2.01. The van der Waals surface area contributed by atoms with E-state index in [0.29, 0.717) is 0 Å². The second kappa shape index (κ2) is 14.3. The molecule has 24 heavy (non-hydrogen) atoms. The van der Waals surface area contributed by atoms with Crippen LogP contribution in [0.3, 0.4) is 0 Å². The summed E-state index contributed by atoms with van der Waals surface area (Å²) >= 11 is 21.1. The monoisotopic (exact) mass is 474 g/mol. The summed E-state index contributed by atoms with van der Waals surface area (Å²) in [5.74, 6) is 7.14. The summed E-state index contributed by atoms with van der Waals surface area (Å²) in [6.45, 7) is 0. The topological polar surface area (TPSA) is 0 Å². The van der Waals surface area contributed by atoms with Crippen molar-refractivity contribution in [3.8, 4) is 0 Å². The molecule has 2 atom stereocenters. The molecule has 0 saturated carbocycles. The van der Waals surface area contributed by atoms with Crippen molar-refractivity contribution < 1.29 is 0 Å². The third-order valence-corrected chi connectivity index (χ3v) is 12.6. The molecule has 2 rings (SSSR count). The molecule has 138 valence electrons. The fourth-order valence-corrected chi connectivity index (χ4v) is 10.8. The molecular formula is C16H26S8. The van der Waals surface area contributed by atoms with E-state index in [1.54, 1.807) is 9.81 Å². The van der Waals surface area contributed by atoms with E-state index in [1.165, 1.54) is 48.7 Å². The van der Waals surface area contributed by atoms with Gasteiger partial charge in [-0.05, 0) is 57.8 Å². The summed E-state index contributed by atoms with van der Waals surface area (Å²) in [5.41, 5.74) is 0. The Morgan fingerprint density at radius 1 is 0.792 bits per heavy atom. The van der Waals surface area contributed by atoms with Gasteiger partial charge in [0, 0.05) is 23.0 Å². The van der Waals surface area contributed by atoms with Crippen LogP contribution < -0.4 is 0 Å². The Balaban J connectivity index is 1.40. The average molecular weight is 475 g/mol. The summed E-state index contributed by atoms with van der Waals surface area (Å²) in [5, 5.41) is 4.75. The fraction of sp³-hybridized carbons (Fsp3) is 0.750. The van der Waals surface area contributed by atoms with Crippen molar-refractivity contribution in [1.82, 2.24) is 0 Å². The van der Waals surface area contributed by atoms with Crippen molar-refractivity contribution in [3.63, 3.8) is 0 Å². The van der Waals surface area contributed by atoms with Crippen LogP contribution in [0.15, 0.2) is 20.6 Å². The highest BCUT2D eigenvalue weighted by Crippen LogP contribution is 2.44. The average Bonchev–Trinajstić information content (AvgIpc) is 3.23. The van der Waals surface area contributed by atoms with Gasteiger partial charge in [0.25, 0.3) is 0 Å². The molecule has 0 aromatic carbocycles. The maximum atomic E-state index is 4.30. The molecule has 0 saturated heterocycles. The zero-order valence-corrected chi connectivity index (χ0v) is 20.4. The predicted molar refractivity (Wildman–Crippen MR) is 135 cm³/mol. The van der Waals surface area contributed by atoms with E-state index in [-0.39, 0.29) is 0 Å². The number of thioether (sulfide) groups is 6. The Bertz CT molecular complexity index is 371. The van der Waals surface area contributed by atoms with Crippen molar-refractivity contribution >= 4 is 95.8 Å². The first-order valence-corrected chi connectivity index (χ1v) is 15.4. The second-order valence-electron chi connectivity index (χ2n) is 5.34.